The zero-order valence-corrected chi connectivity index (χ0v) is 12.0. The van der Waals surface area contributed by atoms with Crippen LogP contribution in [0.4, 0.5) is 0 Å². The Bertz CT molecular complexity index is 688. The van der Waals surface area contributed by atoms with Gasteiger partial charge in [-0.05, 0) is 42.5 Å². The number of rotatable bonds is 3. The van der Waals surface area contributed by atoms with Crippen molar-refractivity contribution in [1.29, 1.82) is 5.26 Å². The van der Waals surface area contributed by atoms with Crippen LogP contribution in [0.1, 0.15) is 35.6 Å². The molecule has 2 aromatic rings. The summed E-state index contributed by atoms with van der Waals surface area (Å²) in [6.07, 6.45) is 3.22. The fourth-order valence-corrected chi connectivity index (χ4v) is 2.82. The van der Waals surface area contributed by atoms with Gasteiger partial charge in [-0.3, -0.25) is 0 Å². The topological polar surface area (TPSA) is 42.2 Å². The standard InChI is InChI=1S/C18H17NO2/c1-20-17-10-9-13(12-19)11-18(17)21-16-8-4-6-14-5-2-3-7-15(14)16/h2-3,5,7,9-11,16H,4,6,8H2,1H3. The number of fused-ring (bicyclic) bond motifs is 1. The number of hydrogen-bond donors (Lipinski definition) is 0. The molecule has 0 bridgehead atoms. The van der Waals surface area contributed by atoms with E-state index in [1.54, 1.807) is 25.3 Å². The van der Waals surface area contributed by atoms with Gasteiger partial charge in [0.1, 0.15) is 6.10 Å². The van der Waals surface area contributed by atoms with E-state index in [4.69, 9.17) is 14.7 Å². The number of nitriles is 1. The summed E-state index contributed by atoms with van der Waals surface area (Å²) in [7, 11) is 1.61. The van der Waals surface area contributed by atoms with E-state index >= 15 is 0 Å². The zero-order valence-electron chi connectivity index (χ0n) is 12.0. The lowest BCUT2D eigenvalue weighted by Crippen LogP contribution is -2.15. The second kappa shape index (κ2) is 5.88. The summed E-state index contributed by atoms with van der Waals surface area (Å²) in [6, 6.07) is 15.8. The minimum atomic E-state index is 0.0257. The number of methoxy groups -OCH3 is 1. The molecule has 21 heavy (non-hydrogen) atoms. The third-order valence-electron chi connectivity index (χ3n) is 3.88. The van der Waals surface area contributed by atoms with E-state index in [2.05, 4.69) is 24.3 Å². The molecule has 0 fully saturated rings. The van der Waals surface area contributed by atoms with Crippen LogP contribution in [0.5, 0.6) is 11.5 Å². The Morgan fingerprint density at radius 1 is 1.14 bits per heavy atom. The van der Waals surface area contributed by atoms with Gasteiger partial charge in [-0.1, -0.05) is 24.3 Å². The molecular formula is C18H17NO2. The van der Waals surface area contributed by atoms with Gasteiger partial charge in [-0.15, -0.1) is 0 Å². The van der Waals surface area contributed by atoms with Gasteiger partial charge in [0.25, 0.3) is 0 Å². The first kappa shape index (κ1) is 13.5. The van der Waals surface area contributed by atoms with Crippen molar-refractivity contribution in [2.24, 2.45) is 0 Å². The highest BCUT2D eigenvalue weighted by Crippen LogP contribution is 2.37. The molecule has 1 unspecified atom stereocenters. The van der Waals surface area contributed by atoms with Crippen molar-refractivity contribution >= 4 is 0 Å². The molecule has 3 heteroatoms. The minimum Gasteiger partial charge on any atom is -0.493 e. The average molecular weight is 279 g/mol. The van der Waals surface area contributed by atoms with Crippen molar-refractivity contribution in [2.45, 2.75) is 25.4 Å². The fourth-order valence-electron chi connectivity index (χ4n) is 2.82. The highest BCUT2D eigenvalue weighted by atomic mass is 16.5. The Kier molecular flexibility index (Phi) is 3.79. The Balaban J connectivity index is 1.93. The predicted molar refractivity (Wildman–Crippen MR) is 80.5 cm³/mol. The first-order valence-electron chi connectivity index (χ1n) is 7.14. The molecule has 0 aliphatic heterocycles. The molecule has 1 atom stereocenters. The normalized spacial score (nSPS) is 16.7. The van der Waals surface area contributed by atoms with Crippen LogP contribution in [-0.2, 0) is 6.42 Å². The van der Waals surface area contributed by atoms with Crippen LogP contribution in [0, 0.1) is 11.3 Å². The lowest BCUT2D eigenvalue weighted by atomic mass is 9.89. The molecule has 1 aliphatic rings. The highest BCUT2D eigenvalue weighted by molar-refractivity contribution is 5.47. The predicted octanol–water partition coefficient (Wildman–Crippen LogP) is 4.02. The molecule has 3 nitrogen and oxygen atoms in total. The van der Waals surface area contributed by atoms with Crippen molar-refractivity contribution in [1.82, 2.24) is 0 Å². The van der Waals surface area contributed by atoms with Crippen molar-refractivity contribution < 1.29 is 9.47 Å². The third-order valence-corrected chi connectivity index (χ3v) is 3.88. The Hall–Kier alpha value is -2.47. The monoisotopic (exact) mass is 279 g/mol. The summed E-state index contributed by atoms with van der Waals surface area (Å²) in [6.45, 7) is 0. The van der Waals surface area contributed by atoms with Crippen molar-refractivity contribution in [3.05, 3.63) is 59.2 Å². The summed E-state index contributed by atoms with van der Waals surface area (Å²) in [5.74, 6) is 1.30. The Morgan fingerprint density at radius 2 is 2.00 bits per heavy atom. The van der Waals surface area contributed by atoms with E-state index in [-0.39, 0.29) is 6.10 Å². The van der Waals surface area contributed by atoms with Gasteiger partial charge in [-0.2, -0.15) is 5.26 Å². The van der Waals surface area contributed by atoms with E-state index in [9.17, 15) is 0 Å². The molecule has 1 aliphatic carbocycles. The van der Waals surface area contributed by atoms with Crippen LogP contribution in [0.25, 0.3) is 0 Å². The van der Waals surface area contributed by atoms with Crippen molar-refractivity contribution in [3.8, 4) is 17.6 Å². The molecule has 0 amide bonds. The Labute approximate surface area is 124 Å². The van der Waals surface area contributed by atoms with Crippen LogP contribution >= 0.6 is 0 Å². The second-order valence-electron chi connectivity index (χ2n) is 5.17. The van der Waals surface area contributed by atoms with Crippen LogP contribution in [0.15, 0.2) is 42.5 Å². The maximum absolute atomic E-state index is 9.04. The maximum Gasteiger partial charge on any atom is 0.163 e. The Morgan fingerprint density at radius 3 is 2.81 bits per heavy atom. The highest BCUT2D eigenvalue weighted by Gasteiger charge is 2.22. The van der Waals surface area contributed by atoms with E-state index < -0.39 is 0 Å². The molecule has 106 valence electrons. The maximum atomic E-state index is 9.04. The third kappa shape index (κ3) is 2.71. The van der Waals surface area contributed by atoms with Gasteiger partial charge < -0.3 is 9.47 Å². The summed E-state index contributed by atoms with van der Waals surface area (Å²) in [4.78, 5) is 0. The average Bonchev–Trinajstić information content (AvgIpc) is 2.55. The molecular weight excluding hydrogens is 262 g/mol. The molecule has 0 aromatic heterocycles. The van der Waals surface area contributed by atoms with Gasteiger partial charge in [0.05, 0.1) is 18.7 Å². The molecule has 0 heterocycles. The van der Waals surface area contributed by atoms with Gasteiger partial charge >= 0.3 is 0 Å². The molecule has 2 aromatic carbocycles. The van der Waals surface area contributed by atoms with Gasteiger partial charge in [0.15, 0.2) is 11.5 Å². The van der Waals surface area contributed by atoms with E-state index in [0.717, 1.165) is 19.3 Å². The molecule has 3 rings (SSSR count). The first-order chi connectivity index (χ1) is 10.3. The van der Waals surface area contributed by atoms with Crippen LogP contribution in [0.3, 0.4) is 0 Å². The molecule has 0 radical (unpaired) electrons. The smallest absolute Gasteiger partial charge is 0.163 e. The number of ether oxygens (including phenoxy) is 2. The number of benzene rings is 2. The van der Waals surface area contributed by atoms with Gasteiger partial charge in [-0.25, -0.2) is 0 Å². The van der Waals surface area contributed by atoms with Gasteiger partial charge in [0.2, 0.25) is 0 Å². The quantitative estimate of drug-likeness (QED) is 0.852. The van der Waals surface area contributed by atoms with Crippen LogP contribution in [0.2, 0.25) is 0 Å². The number of aryl methyl sites for hydroxylation is 1. The van der Waals surface area contributed by atoms with Crippen molar-refractivity contribution in [3.63, 3.8) is 0 Å². The summed E-state index contributed by atoms with van der Waals surface area (Å²) < 4.78 is 11.5. The minimum absolute atomic E-state index is 0.0257. The van der Waals surface area contributed by atoms with E-state index in [0.29, 0.717) is 17.1 Å². The number of nitrogens with zero attached hydrogens (tertiary/aromatic N) is 1. The lowest BCUT2D eigenvalue weighted by molar-refractivity contribution is 0.176. The SMILES string of the molecule is COc1ccc(C#N)cc1OC1CCCc2ccccc21. The lowest BCUT2D eigenvalue weighted by Gasteiger charge is -2.27. The molecule has 0 saturated carbocycles. The van der Waals surface area contributed by atoms with E-state index in [1.165, 1.54) is 11.1 Å². The summed E-state index contributed by atoms with van der Waals surface area (Å²) in [5, 5.41) is 9.04. The first-order valence-corrected chi connectivity index (χ1v) is 7.14. The van der Waals surface area contributed by atoms with E-state index in [1.807, 2.05) is 6.07 Å². The molecule has 0 N–H and O–H groups in total. The fraction of sp³-hybridized carbons (Fsp3) is 0.278. The zero-order chi connectivity index (χ0) is 14.7. The van der Waals surface area contributed by atoms with Crippen molar-refractivity contribution in [2.75, 3.05) is 7.11 Å². The van der Waals surface area contributed by atoms with Crippen LogP contribution in [-0.4, -0.2) is 7.11 Å². The molecule has 0 spiro atoms. The van der Waals surface area contributed by atoms with Gasteiger partial charge in [0, 0.05) is 6.07 Å². The van der Waals surface area contributed by atoms with Crippen LogP contribution < -0.4 is 9.47 Å². The largest absolute Gasteiger partial charge is 0.493 e. The molecule has 0 saturated heterocycles. The second-order valence-corrected chi connectivity index (χ2v) is 5.17. The summed E-state index contributed by atoms with van der Waals surface area (Å²) in [5.41, 5.74) is 3.17. The number of hydrogen-bond acceptors (Lipinski definition) is 3. The summed E-state index contributed by atoms with van der Waals surface area (Å²) >= 11 is 0.